The van der Waals surface area contributed by atoms with Crippen LogP contribution in [0, 0.1) is 0 Å². The lowest BCUT2D eigenvalue weighted by molar-refractivity contribution is 0.190. The van der Waals surface area contributed by atoms with E-state index in [2.05, 4.69) is 11.0 Å². The lowest BCUT2D eigenvalue weighted by Gasteiger charge is -2.26. The van der Waals surface area contributed by atoms with Crippen molar-refractivity contribution in [3.8, 4) is 0 Å². The number of pyridine rings is 1. The van der Waals surface area contributed by atoms with E-state index in [0.717, 1.165) is 43.7 Å². The Kier molecular flexibility index (Phi) is 5.90. The zero-order valence-electron chi connectivity index (χ0n) is 12.7. The summed E-state index contributed by atoms with van der Waals surface area (Å²) < 4.78 is 10.4. The van der Waals surface area contributed by atoms with E-state index < -0.39 is 0 Å². The summed E-state index contributed by atoms with van der Waals surface area (Å²) in [7, 11) is 3.39. The number of methoxy groups -OCH3 is 2. The Labute approximate surface area is 131 Å². The number of aromatic nitrogens is 1. The molecule has 2 rings (SSSR count). The Balaban J connectivity index is 2.34. The van der Waals surface area contributed by atoms with Gasteiger partial charge in [-0.3, -0.25) is 0 Å². The van der Waals surface area contributed by atoms with Crippen molar-refractivity contribution in [1.82, 2.24) is 4.98 Å². The molecule has 1 heterocycles. The van der Waals surface area contributed by atoms with Gasteiger partial charge in [0, 0.05) is 33.0 Å². The highest BCUT2D eigenvalue weighted by atomic mass is 32.1. The van der Waals surface area contributed by atoms with Crippen molar-refractivity contribution in [2.24, 2.45) is 5.73 Å². The first-order chi connectivity index (χ1) is 10.2. The third-order valence-electron chi connectivity index (χ3n) is 3.73. The van der Waals surface area contributed by atoms with Gasteiger partial charge in [0.2, 0.25) is 0 Å². The number of aryl methyl sites for hydroxylation is 2. The Morgan fingerprint density at radius 2 is 1.95 bits per heavy atom. The van der Waals surface area contributed by atoms with Crippen LogP contribution in [0.2, 0.25) is 0 Å². The van der Waals surface area contributed by atoms with Crippen LogP contribution < -0.4 is 10.6 Å². The molecule has 0 atom stereocenters. The number of nitrogens with zero attached hydrogens (tertiary/aromatic N) is 2. The second-order valence-electron chi connectivity index (χ2n) is 5.16. The molecule has 0 saturated carbocycles. The number of hydrogen-bond acceptors (Lipinski definition) is 5. The first-order valence-corrected chi connectivity index (χ1v) is 7.63. The summed E-state index contributed by atoms with van der Waals surface area (Å²) in [6.45, 7) is 2.72. The largest absolute Gasteiger partial charge is 0.389 e. The molecule has 21 heavy (non-hydrogen) atoms. The Bertz CT molecular complexity index is 500. The molecule has 1 aliphatic rings. The molecule has 116 valence electrons. The highest BCUT2D eigenvalue weighted by molar-refractivity contribution is 7.80. The Morgan fingerprint density at radius 3 is 2.52 bits per heavy atom. The van der Waals surface area contributed by atoms with E-state index in [1.54, 1.807) is 14.2 Å². The van der Waals surface area contributed by atoms with Crippen LogP contribution in [0.5, 0.6) is 0 Å². The van der Waals surface area contributed by atoms with Crippen molar-refractivity contribution in [2.75, 3.05) is 45.4 Å². The normalized spacial score (nSPS) is 13.2. The molecule has 6 heteroatoms. The molecular weight excluding hydrogens is 286 g/mol. The highest BCUT2D eigenvalue weighted by Crippen LogP contribution is 2.27. The van der Waals surface area contributed by atoms with E-state index in [-0.39, 0.29) is 0 Å². The molecule has 1 aromatic heterocycles. The van der Waals surface area contributed by atoms with Crippen LogP contribution in [-0.4, -0.2) is 50.5 Å². The number of anilines is 1. The fraction of sp³-hybridized carbons (Fsp3) is 0.600. The quantitative estimate of drug-likeness (QED) is 0.731. The monoisotopic (exact) mass is 309 g/mol. The summed E-state index contributed by atoms with van der Waals surface area (Å²) in [5.41, 5.74) is 9.21. The molecule has 1 aromatic rings. The molecule has 0 spiro atoms. The van der Waals surface area contributed by atoms with Crippen LogP contribution in [0.25, 0.3) is 0 Å². The molecule has 0 unspecified atom stereocenters. The van der Waals surface area contributed by atoms with Crippen molar-refractivity contribution in [1.29, 1.82) is 0 Å². The maximum Gasteiger partial charge on any atom is 0.139 e. The van der Waals surface area contributed by atoms with Crippen LogP contribution >= 0.6 is 12.2 Å². The van der Waals surface area contributed by atoms with Gasteiger partial charge in [-0.1, -0.05) is 12.2 Å². The van der Waals surface area contributed by atoms with Gasteiger partial charge in [0.05, 0.1) is 18.8 Å². The first kappa shape index (κ1) is 16.1. The van der Waals surface area contributed by atoms with E-state index in [1.165, 1.54) is 11.3 Å². The number of thiocarbonyl (C=S) groups is 1. The summed E-state index contributed by atoms with van der Waals surface area (Å²) in [5.74, 6) is 0.859. The molecule has 0 fully saturated rings. The third kappa shape index (κ3) is 3.90. The molecule has 2 N–H and O–H groups in total. The van der Waals surface area contributed by atoms with Crippen molar-refractivity contribution in [3.63, 3.8) is 0 Å². The summed E-state index contributed by atoms with van der Waals surface area (Å²) in [6.07, 6.45) is 3.25. The average molecular weight is 309 g/mol. The Morgan fingerprint density at radius 1 is 1.29 bits per heavy atom. The minimum Gasteiger partial charge on any atom is -0.389 e. The van der Waals surface area contributed by atoms with Crippen LogP contribution in [0.1, 0.15) is 23.2 Å². The van der Waals surface area contributed by atoms with Gasteiger partial charge in [0.1, 0.15) is 10.8 Å². The maximum absolute atomic E-state index is 5.91. The van der Waals surface area contributed by atoms with Crippen LogP contribution in [-0.2, 0) is 22.3 Å². The predicted molar refractivity (Wildman–Crippen MR) is 88.1 cm³/mol. The summed E-state index contributed by atoms with van der Waals surface area (Å²) >= 11 is 5.21. The molecule has 0 bridgehead atoms. The first-order valence-electron chi connectivity index (χ1n) is 7.22. The van der Waals surface area contributed by atoms with Gasteiger partial charge in [-0.15, -0.1) is 0 Å². The zero-order chi connectivity index (χ0) is 15.2. The van der Waals surface area contributed by atoms with Crippen molar-refractivity contribution >= 4 is 23.0 Å². The predicted octanol–water partition coefficient (Wildman–Crippen LogP) is 1.30. The van der Waals surface area contributed by atoms with Crippen LogP contribution in [0.15, 0.2) is 6.07 Å². The second kappa shape index (κ2) is 7.68. The van der Waals surface area contributed by atoms with Crippen LogP contribution in [0.3, 0.4) is 0 Å². The van der Waals surface area contributed by atoms with E-state index in [1.807, 2.05) is 0 Å². The summed E-state index contributed by atoms with van der Waals surface area (Å²) in [4.78, 5) is 7.36. The Hall–Kier alpha value is -1.24. The van der Waals surface area contributed by atoms with Gasteiger partial charge in [-0.2, -0.15) is 0 Å². The third-order valence-corrected chi connectivity index (χ3v) is 3.95. The standard InChI is InChI=1S/C15H23N3O2S/c1-19-8-6-18(7-9-20-2)15-12(14(16)21)10-11-4-3-5-13(11)17-15/h10H,3-9H2,1-2H3,(H2,16,21). The zero-order valence-corrected chi connectivity index (χ0v) is 13.5. The fourth-order valence-electron chi connectivity index (χ4n) is 2.61. The average Bonchev–Trinajstić information content (AvgIpc) is 2.93. The van der Waals surface area contributed by atoms with Gasteiger partial charge >= 0.3 is 0 Å². The molecule has 5 nitrogen and oxygen atoms in total. The molecule has 0 amide bonds. The van der Waals surface area contributed by atoms with E-state index >= 15 is 0 Å². The molecule has 1 aliphatic carbocycles. The maximum atomic E-state index is 5.91. The lowest BCUT2D eigenvalue weighted by atomic mass is 10.1. The second-order valence-corrected chi connectivity index (χ2v) is 5.60. The van der Waals surface area contributed by atoms with Gasteiger partial charge in [-0.05, 0) is 30.9 Å². The van der Waals surface area contributed by atoms with Gasteiger partial charge in [0.25, 0.3) is 0 Å². The van der Waals surface area contributed by atoms with Crippen molar-refractivity contribution in [2.45, 2.75) is 19.3 Å². The minimum atomic E-state index is 0.395. The smallest absolute Gasteiger partial charge is 0.139 e. The SMILES string of the molecule is COCCN(CCOC)c1nc2c(cc1C(N)=S)CCC2. The number of fused-ring (bicyclic) bond motifs is 1. The number of ether oxygens (including phenoxy) is 2. The van der Waals surface area contributed by atoms with E-state index in [4.69, 9.17) is 32.4 Å². The molecule has 0 radical (unpaired) electrons. The lowest BCUT2D eigenvalue weighted by Crippen LogP contribution is -2.33. The molecule has 0 saturated heterocycles. The van der Waals surface area contributed by atoms with Gasteiger partial charge < -0.3 is 20.1 Å². The summed E-state index contributed by atoms with van der Waals surface area (Å²) in [5, 5.41) is 0. The van der Waals surface area contributed by atoms with Crippen molar-refractivity contribution < 1.29 is 9.47 Å². The van der Waals surface area contributed by atoms with E-state index in [9.17, 15) is 0 Å². The number of hydrogen-bond donors (Lipinski definition) is 1. The van der Waals surface area contributed by atoms with Crippen LogP contribution in [0.4, 0.5) is 5.82 Å². The van der Waals surface area contributed by atoms with Gasteiger partial charge in [-0.25, -0.2) is 4.98 Å². The van der Waals surface area contributed by atoms with Crippen molar-refractivity contribution in [3.05, 3.63) is 22.9 Å². The molecule has 0 aromatic carbocycles. The molecular formula is C15H23N3O2S. The number of rotatable bonds is 8. The topological polar surface area (TPSA) is 60.6 Å². The van der Waals surface area contributed by atoms with Gasteiger partial charge in [0.15, 0.2) is 0 Å². The summed E-state index contributed by atoms with van der Waals surface area (Å²) in [6, 6.07) is 2.11. The number of nitrogens with two attached hydrogens (primary N) is 1. The fourth-order valence-corrected chi connectivity index (χ4v) is 2.76. The molecule has 0 aliphatic heterocycles. The van der Waals surface area contributed by atoms with E-state index in [0.29, 0.717) is 18.2 Å². The highest BCUT2D eigenvalue weighted by Gasteiger charge is 2.21. The minimum absolute atomic E-state index is 0.395.